The maximum Gasteiger partial charge on any atom is 0.323 e. The van der Waals surface area contributed by atoms with Gasteiger partial charge in [0.25, 0.3) is 0 Å². The highest BCUT2D eigenvalue weighted by Gasteiger charge is 2.35. The van der Waals surface area contributed by atoms with E-state index in [4.69, 9.17) is 5.41 Å². The molecule has 1 heterocycles. The standard InChI is InChI=1S/C13H15N3O/c1-3-8-16-11(12(14)15-13(16)17)10-6-4-9(2)5-7-10/h3-7,11H,1,8H2,2H3,(H2,14,15,17). The maximum atomic E-state index is 11.7. The third kappa shape index (κ3) is 2.06. The first-order valence-electron chi connectivity index (χ1n) is 5.47. The molecular formula is C13H15N3O. The number of nitrogens with zero attached hydrogens (tertiary/aromatic N) is 1. The topological polar surface area (TPSA) is 56.2 Å². The molecule has 0 spiro atoms. The molecule has 0 radical (unpaired) electrons. The van der Waals surface area contributed by atoms with Crippen molar-refractivity contribution in [2.24, 2.45) is 0 Å². The van der Waals surface area contributed by atoms with Gasteiger partial charge in [0.1, 0.15) is 11.9 Å². The number of benzene rings is 1. The van der Waals surface area contributed by atoms with E-state index in [9.17, 15) is 4.79 Å². The molecule has 1 saturated heterocycles. The molecule has 1 unspecified atom stereocenters. The molecule has 1 aromatic carbocycles. The molecule has 2 rings (SSSR count). The predicted molar refractivity (Wildman–Crippen MR) is 67.1 cm³/mol. The highest BCUT2D eigenvalue weighted by Crippen LogP contribution is 2.25. The summed E-state index contributed by atoms with van der Waals surface area (Å²) in [5.74, 6) is 0.223. The highest BCUT2D eigenvalue weighted by molar-refractivity contribution is 6.06. The molecular weight excluding hydrogens is 214 g/mol. The minimum absolute atomic E-state index is 0.223. The van der Waals surface area contributed by atoms with Crippen LogP contribution in [-0.2, 0) is 0 Å². The van der Waals surface area contributed by atoms with Crippen LogP contribution in [0.25, 0.3) is 0 Å². The van der Waals surface area contributed by atoms with E-state index >= 15 is 0 Å². The van der Waals surface area contributed by atoms with Crippen molar-refractivity contribution in [1.82, 2.24) is 10.2 Å². The number of amides is 2. The van der Waals surface area contributed by atoms with Gasteiger partial charge in [-0.1, -0.05) is 35.9 Å². The lowest BCUT2D eigenvalue weighted by molar-refractivity contribution is 0.211. The van der Waals surface area contributed by atoms with Crippen LogP contribution in [0.1, 0.15) is 17.2 Å². The summed E-state index contributed by atoms with van der Waals surface area (Å²) in [7, 11) is 0. The third-order valence-electron chi connectivity index (χ3n) is 2.81. The lowest BCUT2D eigenvalue weighted by Crippen LogP contribution is -2.29. The normalized spacial score (nSPS) is 19.4. The SMILES string of the molecule is C=CCN1C(=O)NC(=N)C1c1ccc(C)cc1. The predicted octanol–water partition coefficient (Wildman–Crippen LogP) is 2.22. The quantitative estimate of drug-likeness (QED) is 0.767. The molecule has 4 nitrogen and oxygen atoms in total. The van der Waals surface area contributed by atoms with Gasteiger partial charge in [-0.05, 0) is 12.5 Å². The molecule has 0 aromatic heterocycles. The van der Waals surface area contributed by atoms with Crippen molar-refractivity contribution in [1.29, 1.82) is 5.41 Å². The van der Waals surface area contributed by atoms with E-state index in [1.54, 1.807) is 11.0 Å². The van der Waals surface area contributed by atoms with Crippen LogP contribution in [-0.4, -0.2) is 23.3 Å². The summed E-state index contributed by atoms with van der Waals surface area (Å²) in [4.78, 5) is 13.2. The average molecular weight is 229 g/mol. The van der Waals surface area contributed by atoms with Crippen LogP contribution < -0.4 is 5.32 Å². The van der Waals surface area contributed by atoms with E-state index in [2.05, 4.69) is 11.9 Å². The lowest BCUT2D eigenvalue weighted by atomic mass is 10.0. The summed E-state index contributed by atoms with van der Waals surface area (Å²) < 4.78 is 0. The van der Waals surface area contributed by atoms with E-state index in [1.807, 2.05) is 31.2 Å². The summed E-state index contributed by atoms with van der Waals surface area (Å²) in [5, 5.41) is 10.4. The van der Waals surface area contributed by atoms with Crippen LogP contribution in [0.2, 0.25) is 0 Å². The number of nitrogens with one attached hydrogen (secondary N) is 2. The number of hydrogen-bond donors (Lipinski definition) is 2. The van der Waals surface area contributed by atoms with E-state index in [0.29, 0.717) is 6.54 Å². The molecule has 88 valence electrons. The van der Waals surface area contributed by atoms with Gasteiger partial charge in [0.15, 0.2) is 0 Å². The Morgan fingerprint density at radius 3 is 2.71 bits per heavy atom. The minimum Gasteiger partial charge on any atom is -0.307 e. The van der Waals surface area contributed by atoms with Gasteiger partial charge in [0.2, 0.25) is 0 Å². The molecule has 0 aliphatic carbocycles. The van der Waals surface area contributed by atoms with Crippen molar-refractivity contribution in [2.75, 3.05) is 6.54 Å². The van der Waals surface area contributed by atoms with Gasteiger partial charge in [-0.25, -0.2) is 4.79 Å². The van der Waals surface area contributed by atoms with E-state index in [0.717, 1.165) is 11.1 Å². The summed E-state index contributed by atoms with van der Waals surface area (Å²) in [6.07, 6.45) is 1.67. The van der Waals surface area contributed by atoms with Gasteiger partial charge >= 0.3 is 6.03 Å². The van der Waals surface area contributed by atoms with Crippen LogP contribution in [0.5, 0.6) is 0 Å². The van der Waals surface area contributed by atoms with Crippen LogP contribution in [0, 0.1) is 12.3 Å². The zero-order valence-corrected chi connectivity index (χ0v) is 9.73. The number of hydrogen-bond acceptors (Lipinski definition) is 2. The molecule has 1 atom stereocenters. The van der Waals surface area contributed by atoms with Crippen molar-refractivity contribution in [2.45, 2.75) is 13.0 Å². The van der Waals surface area contributed by atoms with Crippen molar-refractivity contribution in [3.63, 3.8) is 0 Å². The lowest BCUT2D eigenvalue weighted by Gasteiger charge is -2.21. The van der Waals surface area contributed by atoms with Gasteiger partial charge in [0, 0.05) is 6.54 Å². The number of amidine groups is 1. The number of urea groups is 1. The van der Waals surface area contributed by atoms with Crippen molar-refractivity contribution in [3.05, 3.63) is 48.0 Å². The number of carbonyl (C=O) groups excluding carboxylic acids is 1. The van der Waals surface area contributed by atoms with Gasteiger partial charge in [-0.2, -0.15) is 0 Å². The first-order valence-corrected chi connectivity index (χ1v) is 5.47. The molecule has 2 amide bonds. The average Bonchev–Trinajstić information content (AvgIpc) is 2.56. The first kappa shape index (κ1) is 11.4. The van der Waals surface area contributed by atoms with Crippen molar-refractivity contribution >= 4 is 11.9 Å². The highest BCUT2D eigenvalue weighted by atomic mass is 16.2. The number of carbonyl (C=O) groups is 1. The van der Waals surface area contributed by atoms with Gasteiger partial charge in [-0.3, -0.25) is 10.7 Å². The Balaban J connectivity index is 2.34. The number of rotatable bonds is 3. The Morgan fingerprint density at radius 1 is 1.47 bits per heavy atom. The molecule has 0 bridgehead atoms. The third-order valence-corrected chi connectivity index (χ3v) is 2.81. The van der Waals surface area contributed by atoms with Gasteiger partial charge in [0.05, 0.1) is 0 Å². The minimum atomic E-state index is -0.318. The zero-order chi connectivity index (χ0) is 12.4. The Morgan fingerprint density at radius 2 is 2.12 bits per heavy atom. The fraction of sp³-hybridized carbons (Fsp3) is 0.231. The van der Waals surface area contributed by atoms with Crippen LogP contribution >= 0.6 is 0 Å². The summed E-state index contributed by atoms with van der Waals surface area (Å²) >= 11 is 0. The number of aryl methyl sites for hydroxylation is 1. The van der Waals surface area contributed by atoms with Gasteiger partial charge < -0.3 is 4.90 Å². The Bertz CT molecular complexity index is 464. The second kappa shape index (κ2) is 4.41. The first-order chi connectivity index (χ1) is 8.13. The fourth-order valence-corrected chi connectivity index (χ4v) is 1.95. The monoisotopic (exact) mass is 229 g/mol. The zero-order valence-electron chi connectivity index (χ0n) is 9.73. The molecule has 1 aromatic rings. The molecule has 1 fully saturated rings. The second-order valence-electron chi connectivity index (χ2n) is 4.10. The molecule has 4 heteroatoms. The Hall–Kier alpha value is -2.10. The van der Waals surface area contributed by atoms with E-state index in [1.165, 1.54) is 0 Å². The van der Waals surface area contributed by atoms with Crippen LogP contribution in [0.3, 0.4) is 0 Å². The molecule has 0 saturated carbocycles. The summed E-state index contributed by atoms with van der Waals surface area (Å²) in [5.41, 5.74) is 2.11. The molecule has 2 N–H and O–H groups in total. The molecule has 17 heavy (non-hydrogen) atoms. The molecule has 1 aliphatic rings. The fourth-order valence-electron chi connectivity index (χ4n) is 1.95. The largest absolute Gasteiger partial charge is 0.323 e. The van der Waals surface area contributed by atoms with Crippen molar-refractivity contribution in [3.8, 4) is 0 Å². The molecule has 1 aliphatic heterocycles. The summed E-state index contributed by atoms with van der Waals surface area (Å²) in [6.45, 7) is 6.08. The van der Waals surface area contributed by atoms with Crippen LogP contribution in [0.15, 0.2) is 36.9 Å². The summed E-state index contributed by atoms with van der Waals surface area (Å²) in [6, 6.07) is 7.31. The van der Waals surface area contributed by atoms with Gasteiger partial charge in [-0.15, -0.1) is 6.58 Å². The Kier molecular flexibility index (Phi) is 2.95. The van der Waals surface area contributed by atoms with Crippen molar-refractivity contribution < 1.29 is 4.79 Å². The second-order valence-corrected chi connectivity index (χ2v) is 4.10. The smallest absolute Gasteiger partial charge is 0.307 e. The Labute approximate surface area is 100 Å². The van der Waals surface area contributed by atoms with Crippen LogP contribution in [0.4, 0.5) is 4.79 Å². The van der Waals surface area contributed by atoms with E-state index in [-0.39, 0.29) is 17.9 Å². The maximum absolute atomic E-state index is 11.7. The van der Waals surface area contributed by atoms with E-state index < -0.39 is 0 Å².